The molecule has 0 aliphatic carbocycles. The first-order valence-electron chi connectivity index (χ1n) is 11.2. The van der Waals surface area contributed by atoms with Gasteiger partial charge in [0.1, 0.15) is 5.75 Å². The first kappa shape index (κ1) is 20.2. The molecule has 162 valence electrons. The maximum atomic E-state index is 6.05. The van der Waals surface area contributed by atoms with Crippen LogP contribution in [-0.2, 0) is 11.2 Å². The molecule has 2 aromatic carbocycles. The van der Waals surface area contributed by atoms with Gasteiger partial charge in [-0.3, -0.25) is 0 Å². The third kappa shape index (κ3) is 4.23. The topological polar surface area (TPSA) is 59.5 Å². The van der Waals surface area contributed by atoms with Gasteiger partial charge < -0.3 is 19.7 Å². The maximum absolute atomic E-state index is 6.05. The second kappa shape index (κ2) is 8.81. The summed E-state index contributed by atoms with van der Waals surface area (Å²) >= 11 is 0. The number of piperidine rings is 1. The monoisotopic (exact) mass is 418 g/mol. The molecule has 1 fully saturated rings. The highest BCUT2D eigenvalue weighted by atomic mass is 16.5. The highest BCUT2D eigenvalue weighted by Crippen LogP contribution is 2.28. The largest absolute Gasteiger partial charge is 0.497 e. The van der Waals surface area contributed by atoms with E-state index in [2.05, 4.69) is 34.5 Å². The fourth-order valence-corrected chi connectivity index (χ4v) is 4.72. The lowest BCUT2D eigenvalue weighted by molar-refractivity contribution is 0.0400. The molecule has 0 amide bonds. The summed E-state index contributed by atoms with van der Waals surface area (Å²) in [5.74, 6) is 1.67. The third-order valence-electron chi connectivity index (χ3n) is 6.54. The van der Waals surface area contributed by atoms with Gasteiger partial charge in [-0.25, -0.2) is 9.97 Å². The summed E-state index contributed by atoms with van der Waals surface area (Å²) < 4.78 is 11.4. The Balaban J connectivity index is 1.20. The van der Waals surface area contributed by atoms with Gasteiger partial charge in [0.05, 0.1) is 31.0 Å². The zero-order valence-electron chi connectivity index (χ0n) is 18.3. The predicted molar refractivity (Wildman–Crippen MR) is 123 cm³/mol. The summed E-state index contributed by atoms with van der Waals surface area (Å²) in [4.78, 5) is 11.9. The summed E-state index contributed by atoms with van der Waals surface area (Å²) in [6.45, 7) is 5.65. The highest BCUT2D eigenvalue weighted by molar-refractivity contribution is 5.83. The minimum absolute atomic E-state index is 0.159. The number of methoxy groups -OCH3 is 1. The van der Waals surface area contributed by atoms with Crippen molar-refractivity contribution in [3.8, 4) is 5.75 Å². The van der Waals surface area contributed by atoms with Gasteiger partial charge in [0.25, 0.3) is 0 Å². The Morgan fingerprint density at radius 3 is 2.81 bits per heavy atom. The number of ether oxygens (including phenoxy) is 2. The van der Waals surface area contributed by atoms with Gasteiger partial charge in [0.2, 0.25) is 5.95 Å². The molecular weight excluding hydrogens is 388 g/mol. The number of hydrogen-bond acceptors (Lipinski definition) is 6. The molecule has 0 bridgehead atoms. The predicted octanol–water partition coefficient (Wildman–Crippen LogP) is 3.82. The number of aromatic nitrogens is 2. The Bertz CT molecular complexity index is 1060. The molecule has 0 spiro atoms. The zero-order valence-corrected chi connectivity index (χ0v) is 18.3. The SMILES string of the molecule is COc1ccc2nc(N3CCC(NCC4OCCc5ccccc54)CC3)nc(C)c2c1. The van der Waals surface area contributed by atoms with Crippen molar-refractivity contribution in [2.75, 3.05) is 38.3 Å². The second-order valence-corrected chi connectivity index (χ2v) is 8.47. The minimum Gasteiger partial charge on any atom is -0.497 e. The molecule has 31 heavy (non-hydrogen) atoms. The number of hydrogen-bond donors (Lipinski definition) is 1. The van der Waals surface area contributed by atoms with Gasteiger partial charge in [-0.2, -0.15) is 0 Å². The number of anilines is 1. The molecule has 1 atom stereocenters. The van der Waals surface area contributed by atoms with E-state index in [0.717, 1.165) is 73.8 Å². The average molecular weight is 419 g/mol. The minimum atomic E-state index is 0.159. The van der Waals surface area contributed by atoms with E-state index in [1.807, 2.05) is 25.1 Å². The molecule has 2 aliphatic rings. The quantitative estimate of drug-likeness (QED) is 0.680. The molecule has 6 nitrogen and oxygen atoms in total. The van der Waals surface area contributed by atoms with Crippen molar-refractivity contribution >= 4 is 16.9 Å². The molecule has 0 radical (unpaired) electrons. The Hall–Kier alpha value is -2.70. The van der Waals surface area contributed by atoms with Crippen LogP contribution in [0.25, 0.3) is 10.9 Å². The molecule has 0 saturated carbocycles. The van der Waals surface area contributed by atoms with Crippen molar-refractivity contribution in [1.29, 1.82) is 0 Å². The summed E-state index contributed by atoms with van der Waals surface area (Å²) in [6, 6.07) is 15.2. The van der Waals surface area contributed by atoms with Crippen LogP contribution in [0.2, 0.25) is 0 Å². The van der Waals surface area contributed by atoms with Gasteiger partial charge in [-0.05, 0) is 55.5 Å². The van der Waals surface area contributed by atoms with Gasteiger partial charge in [-0.1, -0.05) is 24.3 Å². The van der Waals surface area contributed by atoms with Crippen molar-refractivity contribution in [2.24, 2.45) is 0 Å². The summed E-state index contributed by atoms with van der Waals surface area (Å²) in [7, 11) is 1.68. The molecule has 1 saturated heterocycles. The van der Waals surface area contributed by atoms with E-state index in [0.29, 0.717) is 6.04 Å². The molecule has 5 rings (SSSR count). The summed E-state index contributed by atoms with van der Waals surface area (Å²) in [5.41, 5.74) is 4.73. The molecule has 3 aromatic rings. The van der Waals surface area contributed by atoms with Crippen LogP contribution in [0.1, 0.15) is 35.8 Å². The smallest absolute Gasteiger partial charge is 0.226 e. The Kier molecular flexibility index (Phi) is 5.74. The van der Waals surface area contributed by atoms with Crippen LogP contribution in [0.3, 0.4) is 0 Å². The number of aryl methyl sites for hydroxylation is 1. The van der Waals surface area contributed by atoms with E-state index < -0.39 is 0 Å². The van der Waals surface area contributed by atoms with Crippen molar-refractivity contribution in [2.45, 2.75) is 38.3 Å². The van der Waals surface area contributed by atoms with Crippen LogP contribution in [0, 0.1) is 6.92 Å². The van der Waals surface area contributed by atoms with E-state index in [1.54, 1.807) is 7.11 Å². The van der Waals surface area contributed by atoms with Crippen LogP contribution in [0.5, 0.6) is 5.75 Å². The van der Waals surface area contributed by atoms with E-state index in [1.165, 1.54) is 11.1 Å². The van der Waals surface area contributed by atoms with Crippen molar-refractivity contribution < 1.29 is 9.47 Å². The zero-order chi connectivity index (χ0) is 21.2. The normalized spacial score (nSPS) is 19.4. The molecular formula is C25H30N4O2. The lowest BCUT2D eigenvalue weighted by Crippen LogP contribution is -2.44. The van der Waals surface area contributed by atoms with Crippen LogP contribution in [0.4, 0.5) is 5.95 Å². The first-order chi connectivity index (χ1) is 15.2. The molecule has 1 N–H and O–H groups in total. The van der Waals surface area contributed by atoms with Crippen molar-refractivity contribution in [3.63, 3.8) is 0 Å². The van der Waals surface area contributed by atoms with Crippen LogP contribution < -0.4 is 15.0 Å². The third-order valence-corrected chi connectivity index (χ3v) is 6.54. The fourth-order valence-electron chi connectivity index (χ4n) is 4.72. The summed E-state index contributed by atoms with van der Waals surface area (Å²) in [5, 5.41) is 4.80. The van der Waals surface area contributed by atoms with Crippen molar-refractivity contribution in [1.82, 2.24) is 15.3 Å². The first-order valence-corrected chi connectivity index (χ1v) is 11.2. The number of nitrogens with zero attached hydrogens (tertiary/aromatic N) is 3. The van der Waals surface area contributed by atoms with Crippen LogP contribution in [-0.4, -0.2) is 49.4 Å². The second-order valence-electron chi connectivity index (χ2n) is 8.47. The Labute approximate surface area is 183 Å². The van der Waals surface area contributed by atoms with Crippen molar-refractivity contribution in [3.05, 3.63) is 59.3 Å². The van der Waals surface area contributed by atoms with Crippen LogP contribution in [0.15, 0.2) is 42.5 Å². The van der Waals surface area contributed by atoms with Gasteiger partial charge in [0, 0.05) is 31.1 Å². The maximum Gasteiger partial charge on any atom is 0.226 e. The van der Waals surface area contributed by atoms with Gasteiger partial charge in [-0.15, -0.1) is 0 Å². The molecule has 1 unspecified atom stereocenters. The Morgan fingerprint density at radius 1 is 1.13 bits per heavy atom. The van der Waals surface area contributed by atoms with E-state index in [4.69, 9.17) is 19.4 Å². The van der Waals surface area contributed by atoms with Crippen LogP contribution >= 0.6 is 0 Å². The number of benzene rings is 2. The lowest BCUT2D eigenvalue weighted by Gasteiger charge is -2.34. The van der Waals surface area contributed by atoms with E-state index in [-0.39, 0.29) is 6.10 Å². The number of fused-ring (bicyclic) bond motifs is 2. The Morgan fingerprint density at radius 2 is 1.97 bits per heavy atom. The molecule has 2 aliphatic heterocycles. The average Bonchev–Trinajstić information content (AvgIpc) is 2.83. The molecule has 6 heteroatoms. The standard InChI is InChI=1S/C25H30N4O2/c1-17-22-15-20(30-2)7-8-23(22)28-25(27-17)29-12-9-19(10-13-29)26-16-24-21-6-4-3-5-18(21)11-14-31-24/h3-8,15,19,24,26H,9-14,16H2,1-2H3. The molecule has 3 heterocycles. The summed E-state index contributed by atoms with van der Waals surface area (Å²) in [6.07, 6.45) is 3.34. The van der Waals surface area contributed by atoms with E-state index >= 15 is 0 Å². The number of rotatable bonds is 5. The highest BCUT2D eigenvalue weighted by Gasteiger charge is 2.25. The van der Waals surface area contributed by atoms with E-state index in [9.17, 15) is 0 Å². The fraction of sp³-hybridized carbons (Fsp3) is 0.440. The van der Waals surface area contributed by atoms with Gasteiger partial charge in [0.15, 0.2) is 0 Å². The molecule has 1 aromatic heterocycles. The van der Waals surface area contributed by atoms with Gasteiger partial charge >= 0.3 is 0 Å². The number of nitrogens with one attached hydrogen (secondary N) is 1. The lowest BCUT2D eigenvalue weighted by atomic mass is 9.97.